The fourth-order valence-electron chi connectivity index (χ4n) is 1.35. The van der Waals surface area contributed by atoms with Crippen LogP contribution >= 0.6 is 0 Å². The zero-order chi connectivity index (χ0) is 9.80. The van der Waals surface area contributed by atoms with Gasteiger partial charge in [0, 0.05) is 25.0 Å². The zero-order valence-electron chi connectivity index (χ0n) is 7.80. The van der Waals surface area contributed by atoms with Gasteiger partial charge in [0.2, 0.25) is 0 Å². The van der Waals surface area contributed by atoms with Crippen molar-refractivity contribution >= 4 is 0 Å². The fraction of sp³-hybridized carbons (Fsp3) is 0.200. The van der Waals surface area contributed by atoms with Crippen molar-refractivity contribution in [3.8, 4) is 5.82 Å². The molecule has 14 heavy (non-hydrogen) atoms. The lowest BCUT2D eigenvalue weighted by Crippen LogP contribution is -2.09. The Morgan fingerprint density at radius 2 is 2.14 bits per heavy atom. The molecular weight excluding hydrogens is 176 g/mol. The van der Waals surface area contributed by atoms with Crippen molar-refractivity contribution in [3.05, 3.63) is 42.6 Å². The van der Waals surface area contributed by atoms with E-state index < -0.39 is 0 Å². The van der Waals surface area contributed by atoms with Gasteiger partial charge >= 0.3 is 0 Å². The minimum Gasteiger partial charge on any atom is -0.330 e. The van der Waals surface area contributed by atoms with Crippen molar-refractivity contribution < 1.29 is 0 Å². The Morgan fingerprint density at radius 3 is 2.86 bits per heavy atom. The molecule has 72 valence electrons. The lowest BCUT2D eigenvalue weighted by Gasteiger charge is -2.04. The van der Waals surface area contributed by atoms with E-state index in [0.717, 1.165) is 18.1 Å². The van der Waals surface area contributed by atoms with Crippen molar-refractivity contribution in [2.75, 3.05) is 6.54 Å². The number of imidazole rings is 1. The SMILES string of the molecule is NCCc1nccn1-c1ccccn1. The molecule has 4 heteroatoms. The van der Waals surface area contributed by atoms with E-state index >= 15 is 0 Å². The molecular formula is C10H12N4. The van der Waals surface area contributed by atoms with Crippen LogP contribution in [0.15, 0.2) is 36.8 Å². The summed E-state index contributed by atoms with van der Waals surface area (Å²) < 4.78 is 1.95. The predicted molar refractivity (Wildman–Crippen MR) is 54.1 cm³/mol. The van der Waals surface area contributed by atoms with Crippen LogP contribution in [0.5, 0.6) is 0 Å². The van der Waals surface area contributed by atoms with Crippen molar-refractivity contribution in [2.45, 2.75) is 6.42 Å². The molecule has 0 bridgehead atoms. The first kappa shape index (κ1) is 8.90. The lowest BCUT2D eigenvalue weighted by atomic mass is 10.4. The van der Waals surface area contributed by atoms with Crippen LogP contribution in [0.1, 0.15) is 5.82 Å². The Hall–Kier alpha value is -1.68. The summed E-state index contributed by atoms with van der Waals surface area (Å²) in [6.45, 7) is 0.601. The molecule has 2 aromatic rings. The Morgan fingerprint density at radius 1 is 1.21 bits per heavy atom. The van der Waals surface area contributed by atoms with E-state index in [4.69, 9.17) is 5.73 Å². The van der Waals surface area contributed by atoms with Gasteiger partial charge in [0.25, 0.3) is 0 Å². The average Bonchev–Trinajstić information content (AvgIpc) is 2.68. The molecule has 0 unspecified atom stereocenters. The normalized spacial score (nSPS) is 10.4. The van der Waals surface area contributed by atoms with Gasteiger partial charge in [-0.15, -0.1) is 0 Å². The number of hydrogen-bond acceptors (Lipinski definition) is 3. The Kier molecular flexibility index (Phi) is 2.55. The molecule has 2 aromatic heterocycles. The Bertz CT molecular complexity index is 394. The maximum Gasteiger partial charge on any atom is 0.137 e. The van der Waals surface area contributed by atoms with Gasteiger partial charge in [-0.05, 0) is 18.7 Å². The number of rotatable bonds is 3. The number of nitrogens with zero attached hydrogens (tertiary/aromatic N) is 3. The molecule has 0 aliphatic heterocycles. The molecule has 0 aromatic carbocycles. The second kappa shape index (κ2) is 4.02. The van der Waals surface area contributed by atoms with Gasteiger partial charge in [-0.25, -0.2) is 9.97 Å². The molecule has 0 spiro atoms. The fourth-order valence-corrected chi connectivity index (χ4v) is 1.35. The van der Waals surface area contributed by atoms with E-state index in [1.807, 2.05) is 29.0 Å². The summed E-state index contributed by atoms with van der Waals surface area (Å²) in [6, 6.07) is 5.79. The highest BCUT2D eigenvalue weighted by molar-refractivity contribution is 5.23. The van der Waals surface area contributed by atoms with Crippen LogP contribution in [0.3, 0.4) is 0 Å². The van der Waals surface area contributed by atoms with Gasteiger partial charge in [0.05, 0.1) is 0 Å². The van der Waals surface area contributed by atoms with Crippen LogP contribution in [0.25, 0.3) is 5.82 Å². The molecule has 0 amide bonds. The first-order valence-corrected chi connectivity index (χ1v) is 4.55. The lowest BCUT2D eigenvalue weighted by molar-refractivity contribution is 0.823. The largest absolute Gasteiger partial charge is 0.330 e. The van der Waals surface area contributed by atoms with Gasteiger partial charge in [-0.1, -0.05) is 6.07 Å². The van der Waals surface area contributed by atoms with Crippen molar-refractivity contribution in [1.29, 1.82) is 0 Å². The minimum absolute atomic E-state index is 0.601. The predicted octanol–water partition coefficient (Wildman–Crippen LogP) is 0.768. The molecule has 0 fully saturated rings. The van der Waals surface area contributed by atoms with Gasteiger partial charge < -0.3 is 5.73 Å². The van der Waals surface area contributed by atoms with Crippen LogP contribution in [-0.4, -0.2) is 21.1 Å². The molecule has 2 N–H and O–H groups in total. The van der Waals surface area contributed by atoms with Crippen LogP contribution in [0, 0.1) is 0 Å². The van der Waals surface area contributed by atoms with E-state index in [1.165, 1.54) is 0 Å². The van der Waals surface area contributed by atoms with Crippen LogP contribution < -0.4 is 5.73 Å². The number of aromatic nitrogens is 3. The number of nitrogens with two attached hydrogens (primary N) is 1. The van der Waals surface area contributed by atoms with Gasteiger partial charge in [-0.2, -0.15) is 0 Å². The molecule has 0 aliphatic carbocycles. The second-order valence-corrected chi connectivity index (χ2v) is 2.94. The van der Waals surface area contributed by atoms with E-state index in [0.29, 0.717) is 6.54 Å². The summed E-state index contributed by atoms with van der Waals surface area (Å²) in [5, 5.41) is 0. The van der Waals surface area contributed by atoms with E-state index in [1.54, 1.807) is 12.4 Å². The number of pyridine rings is 1. The Labute approximate surface area is 82.4 Å². The van der Waals surface area contributed by atoms with E-state index in [-0.39, 0.29) is 0 Å². The third kappa shape index (κ3) is 1.65. The summed E-state index contributed by atoms with van der Waals surface area (Å²) in [6.07, 6.45) is 6.19. The quantitative estimate of drug-likeness (QED) is 0.774. The Balaban J connectivity index is 2.37. The molecule has 0 saturated heterocycles. The number of hydrogen-bond donors (Lipinski definition) is 1. The van der Waals surface area contributed by atoms with Crippen molar-refractivity contribution in [3.63, 3.8) is 0 Å². The third-order valence-electron chi connectivity index (χ3n) is 1.98. The van der Waals surface area contributed by atoms with Crippen LogP contribution in [-0.2, 0) is 6.42 Å². The molecule has 4 nitrogen and oxygen atoms in total. The zero-order valence-corrected chi connectivity index (χ0v) is 7.80. The summed E-state index contributed by atoms with van der Waals surface area (Å²) in [7, 11) is 0. The topological polar surface area (TPSA) is 56.7 Å². The smallest absolute Gasteiger partial charge is 0.137 e. The summed E-state index contributed by atoms with van der Waals surface area (Å²) in [4.78, 5) is 8.47. The molecule has 0 atom stereocenters. The van der Waals surface area contributed by atoms with Crippen molar-refractivity contribution in [2.24, 2.45) is 5.73 Å². The van der Waals surface area contributed by atoms with Crippen LogP contribution in [0.4, 0.5) is 0 Å². The third-order valence-corrected chi connectivity index (χ3v) is 1.98. The molecule has 0 aliphatic rings. The second-order valence-electron chi connectivity index (χ2n) is 2.94. The van der Waals surface area contributed by atoms with Gasteiger partial charge in [0.1, 0.15) is 11.6 Å². The first-order valence-electron chi connectivity index (χ1n) is 4.55. The first-order chi connectivity index (χ1) is 6.92. The van der Waals surface area contributed by atoms with Gasteiger partial charge in [0.15, 0.2) is 0 Å². The maximum absolute atomic E-state index is 5.49. The van der Waals surface area contributed by atoms with E-state index in [2.05, 4.69) is 9.97 Å². The standard InChI is InChI=1S/C10H12N4/c11-5-4-10-13-7-8-14(10)9-3-1-2-6-12-9/h1-3,6-8H,4-5,11H2. The molecule has 0 radical (unpaired) electrons. The highest BCUT2D eigenvalue weighted by atomic mass is 15.1. The maximum atomic E-state index is 5.49. The highest BCUT2D eigenvalue weighted by Gasteiger charge is 2.03. The minimum atomic E-state index is 0.601. The highest BCUT2D eigenvalue weighted by Crippen LogP contribution is 2.06. The molecule has 2 rings (SSSR count). The van der Waals surface area contributed by atoms with Gasteiger partial charge in [-0.3, -0.25) is 4.57 Å². The summed E-state index contributed by atoms with van der Waals surface area (Å²) in [5.41, 5.74) is 5.49. The molecule has 2 heterocycles. The average molecular weight is 188 g/mol. The summed E-state index contributed by atoms with van der Waals surface area (Å²) >= 11 is 0. The van der Waals surface area contributed by atoms with Crippen molar-refractivity contribution in [1.82, 2.24) is 14.5 Å². The summed E-state index contributed by atoms with van der Waals surface area (Å²) in [5.74, 6) is 1.83. The molecule has 0 saturated carbocycles. The monoisotopic (exact) mass is 188 g/mol. The van der Waals surface area contributed by atoms with E-state index in [9.17, 15) is 0 Å². The van der Waals surface area contributed by atoms with Crippen LogP contribution in [0.2, 0.25) is 0 Å².